The summed E-state index contributed by atoms with van der Waals surface area (Å²) in [4.78, 5) is 12.4. The van der Waals surface area contributed by atoms with Crippen LogP contribution in [0.5, 0.6) is 5.75 Å². The summed E-state index contributed by atoms with van der Waals surface area (Å²) in [6, 6.07) is 16.8. The predicted molar refractivity (Wildman–Crippen MR) is 109 cm³/mol. The molecule has 6 nitrogen and oxygen atoms in total. The minimum Gasteiger partial charge on any atom is -0.481 e. The van der Waals surface area contributed by atoms with E-state index in [4.69, 9.17) is 10.00 Å². The Labute approximate surface area is 167 Å². The molecule has 0 saturated carbocycles. The van der Waals surface area contributed by atoms with Gasteiger partial charge in [0.25, 0.3) is 5.91 Å². The maximum Gasteiger partial charge on any atom is 0.266 e. The molecule has 2 aromatic carbocycles. The molecule has 7 heteroatoms. The van der Waals surface area contributed by atoms with Crippen LogP contribution in [0.25, 0.3) is 10.6 Å². The lowest BCUT2D eigenvalue weighted by Gasteiger charge is -2.13. The maximum atomic E-state index is 12.4. The van der Waals surface area contributed by atoms with Gasteiger partial charge in [-0.1, -0.05) is 49.4 Å². The number of nitriles is 1. The Balaban J connectivity index is 1.61. The Morgan fingerprint density at radius 3 is 2.36 bits per heavy atom. The van der Waals surface area contributed by atoms with Gasteiger partial charge in [0.15, 0.2) is 6.10 Å². The van der Waals surface area contributed by atoms with E-state index < -0.39 is 6.10 Å². The van der Waals surface area contributed by atoms with E-state index in [1.807, 2.05) is 18.2 Å². The number of ether oxygens (including phenoxy) is 1. The molecule has 0 bridgehead atoms. The number of anilines is 1. The van der Waals surface area contributed by atoms with Gasteiger partial charge in [-0.2, -0.15) is 5.26 Å². The molecule has 3 rings (SSSR count). The average molecular weight is 392 g/mol. The summed E-state index contributed by atoms with van der Waals surface area (Å²) in [5, 5.41) is 20.9. The van der Waals surface area contributed by atoms with Gasteiger partial charge in [0, 0.05) is 5.56 Å². The van der Waals surface area contributed by atoms with Gasteiger partial charge in [0.2, 0.25) is 5.13 Å². The van der Waals surface area contributed by atoms with Crippen LogP contribution in [-0.2, 0) is 4.79 Å². The van der Waals surface area contributed by atoms with E-state index >= 15 is 0 Å². The van der Waals surface area contributed by atoms with Crippen molar-refractivity contribution in [3.8, 4) is 22.4 Å². The number of nitrogens with one attached hydrogen (secondary N) is 1. The molecule has 28 heavy (non-hydrogen) atoms. The van der Waals surface area contributed by atoms with Gasteiger partial charge in [0.05, 0.1) is 11.6 Å². The molecule has 0 aliphatic carbocycles. The predicted octanol–water partition coefficient (Wildman–Crippen LogP) is 4.61. The third-order valence-electron chi connectivity index (χ3n) is 4.14. The lowest BCUT2D eigenvalue weighted by molar-refractivity contribution is -0.122. The van der Waals surface area contributed by atoms with Crippen LogP contribution in [-0.4, -0.2) is 22.2 Å². The first-order valence-corrected chi connectivity index (χ1v) is 9.69. The number of hydrogen-bond donors (Lipinski definition) is 1. The molecule has 0 aliphatic rings. The summed E-state index contributed by atoms with van der Waals surface area (Å²) < 4.78 is 5.61. The molecule has 1 aromatic heterocycles. The van der Waals surface area contributed by atoms with Gasteiger partial charge in [0.1, 0.15) is 10.8 Å². The Kier molecular flexibility index (Phi) is 6.02. The molecule has 3 aromatic rings. The fourth-order valence-electron chi connectivity index (χ4n) is 2.47. The van der Waals surface area contributed by atoms with Crippen LogP contribution < -0.4 is 10.1 Å². The van der Waals surface area contributed by atoms with Crippen LogP contribution in [0.4, 0.5) is 5.13 Å². The molecule has 0 saturated heterocycles. The van der Waals surface area contributed by atoms with E-state index in [-0.39, 0.29) is 5.91 Å². The highest BCUT2D eigenvalue weighted by molar-refractivity contribution is 7.18. The minimum atomic E-state index is -0.717. The van der Waals surface area contributed by atoms with E-state index in [1.54, 1.807) is 31.2 Å². The van der Waals surface area contributed by atoms with Crippen molar-refractivity contribution in [1.82, 2.24) is 10.2 Å². The molecule has 1 N–H and O–H groups in total. The normalized spacial score (nSPS) is 11.7. The van der Waals surface area contributed by atoms with Gasteiger partial charge in [-0.15, -0.1) is 10.2 Å². The second-order valence-corrected chi connectivity index (χ2v) is 7.55. The van der Waals surface area contributed by atoms with Gasteiger partial charge in [-0.3, -0.25) is 10.1 Å². The molecule has 142 valence electrons. The zero-order valence-electron chi connectivity index (χ0n) is 15.8. The van der Waals surface area contributed by atoms with Crippen molar-refractivity contribution in [3.63, 3.8) is 0 Å². The number of rotatable bonds is 6. The molecule has 1 heterocycles. The first-order valence-electron chi connectivity index (χ1n) is 8.88. The van der Waals surface area contributed by atoms with Crippen molar-refractivity contribution in [3.05, 3.63) is 59.7 Å². The summed E-state index contributed by atoms with van der Waals surface area (Å²) in [5.74, 6) is 0.669. The Morgan fingerprint density at radius 2 is 1.75 bits per heavy atom. The third kappa shape index (κ3) is 4.72. The number of aromatic nitrogens is 2. The Hall–Kier alpha value is -3.24. The lowest BCUT2D eigenvalue weighted by Crippen LogP contribution is -2.30. The monoisotopic (exact) mass is 392 g/mol. The smallest absolute Gasteiger partial charge is 0.266 e. The fraction of sp³-hybridized carbons (Fsp3) is 0.238. The van der Waals surface area contributed by atoms with Crippen molar-refractivity contribution in [2.24, 2.45) is 0 Å². The van der Waals surface area contributed by atoms with E-state index in [0.717, 1.165) is 10.6 Å². The molecule has 0 fully saturated rings. The molecular weight excluding hydrogens is 372 g/mol. The van der Waals surface area contributed by atoms with Crippen LogP contribution in [0.15, 0.2) is 48.5 Å². The zero-order valence-corrected chi connectivity index (χ0v) is 16.7. The summed E-state index contributed by atoms with van der Waals surface area (Å²) in [6.45, 7) is 5.95. The number of hydrogen-bond acceptors (Lipinski definition) is 6. The highest BCUT2D eigenvalue weighted by atomic mass is 32.1. The van der Waals surface area contributed by atoms with Gasteiger partial charge in [-0.05, 0) is 42.7 Å². The van der Waals surface area contributed by atoms with Gasteiger partial charge < -0.3 is 4.74 Å². The SMILES string of the molecule is CC(Oc1ccc(C#N)cc1)C(=O)Nc1nnc(-c2ccc(C(C)C)cc2)s1. The van der Waals surface area contributed by atoms with E-state index in [9.17, 15) is 4.79 Å². The molecule has 1 atom stereocenters. The lowest BCUT2D eigenvalue weighted by atomic mass is 10.0. The van der Waals surface area contributed by atoms with Crippen LogP contribution in [0.1, 0.15) is 37.8 Å². The number of benzene rings is 2. The standard InChI is InChI=1S/C21H20N4O2S/c1-13(2)16-6-8-17(9-7-16)20-24-25-21(28-20)23-19(26)14(3)27-18-10-4-15(12-22)5-11-18/h4-11,13-14H,1-3H3,(H,23,25,26). The van der Waals surface area contributed by atoms with Gasteiger partial charge >= 0.3 is 0 Å². The van der Waals surface area contributed by atoms with Gasteiger partial charge in [-0.25, -0.2) is 0 Å². The van der Waals surface area contributed by atoms with E-state index in [0.29, 0.717) is 22.4 Å². The van der Waals surface area contributed by atoms with E-state index in [2.05, 4.69) is 41.5 Å². The van der Waals surface area contributed by atoms with Crippen LogP contribution >= 0.6 is 11.3 Å². The Morgan fingerprint density at radius 1 is 1.07 bits per heavy atom. The van der Waals surface area contributed by atoms with Crippen molar-refractivity contribution < 1.29 is 9.53 Å². The van der Waals surface area contributed by atoms with Crippen molar-refractivity contribution in [2.75, 3.05) is 5.32 Å². The first kappa shape index (κ1) is 19.5. The third-order valence-corrected chi connectivity index (χ3v) is 5.03. The van der Waals surface area contributed by atoms with E-state index in [1.165, 1.54) is 16.9 Å². The average Bonchev–Trinajstić information content (AvgIpc) is 3.17. The second-order valence-electron chi connectivity index (χ2n) is 6.57. The largest absolute Gasteiger partial charge is 0.481 e. The quantitative estimate of drug-likeness (QED) is 0.662. The molecule has 0 aliphatic heterocycles. The molecular formula is C21H20N4O2S. The number of amides is 1. The summed E-state index contributed by atoms with van der Waals surface area (Å²) in [5.41, 5.74) is 2.76. The fourth-order valence-corrected chi connectivity index (χ4v) is 3.23. The highest BCUT2D eigenvalue weighted by Crippen LogP contribution is 2.28. The Bertz CT molecular complexity index is 988. The topological polar surface area (TPSA) is 87.9 Å². The number of nitrogens with zero attached hydrogens (tertiary/aromatic N) is 3. The first-order chi connectivity index (χ1) is 13.5. The summed E-state index contributed by atoms with van der Waals surface area (Å²) >= 11 is 1.31. The van der Waals surface area contributed by atoms with Crippen molar-refractivity contribution in [2.45, 2.75) is 32.8 Å². The van der Waals surface area contributed by atoms with Crippen molar-refractivity contribution in [1.29, 1.82) is 5.26 Å². The highest BCUT2D eigenvalue weighted by Gasteiger charge is 2.17. The minimum absolute atomic E-state index is 0.317. The molecule has 0 spiro atoms. The molecule has 0 radical (unpaired) electrons. The zero-order chi connectivity index (χ0) is 20.1. The van der Waals surface area contributed by atoms with Crippen LogP contribution in [0, 0.1) is 11.3 Å². The van der Waals surface area contributed by atoms with Crippen LogP contribution in [0.3, 0.4) is 0 Å². The number of carbonyl (C=O) groups excluding carboxylic acids is 1. The molecule has 1 amide bonds. The summed E-state index contributed by atoms with van der Waals surface area (Å²) in [6.07, 6.45) is -0.717. The second kappa shape index (κ2) is 8.63. The number of carbonyl (C=O) groups is 1. The van der Waals surface area contributed by atoms with Crippen molar-refractivity contribution >= 4 is 22.4 Å². The van der Waals surface area contributed by atoms with Crippen LogP contribution in [0.2, 0.25) is 0 Å². The summed E-state index contributed by atoms with van der Waals surface area (Å²) in [7, 11) is 0. The maximum absolute atomic E-state index is 12.4. The molecule has 1 unspecified atom stereocenters.